The lowest BCUT2D eigenvalue weighted by Crippen LogP contribution is -2.57. The van der Waals surface area contributed by atoms with Crippen molar-refractivity contribution in [3.63, 3.8) is 0 Å². The monoisotopic (exact) mass is 157 g/mol. The second-order valence-corrected chi connectivity index (χ2v) is 2.69. The molecule has 3 N–H and O–H groups in total. The summed E-state index contributed by atoms with van der Waals surface area (Å²) in [5, 5.41) is 8.98. The van der Waals surface area contributed by atoms with E-state index in [0.717, 1.165) is 13.1 Å². The van der Waals surface area contributed by atoms with Crippen molar-refractivity contribution in [2.45, 2.75) is 13.0 Å². The molecule has 1 fully saturated rings. The van der Waals surface area contributed by atoms with Gasteiger partial charge in [0.1, 0.15) is 0 Å². The minimum absolute atomic E-state index is 0.0828. The maximum absolute atomic E-state index is 10.9. The van der Waals surface area contributed by atoms with E-state index in [0.29, 0.717) is 19.1 Å². The molecule has 0 atom stereocenters. The molecule has 4 heteroatoms. The maximum Gasteiger partial charge on any atom is 0.233 e. The normalized spacial score (nSPS) is 17.5. The number of likely N-dealkylation sites (N-methyl/N-ethyl adjacent to an activating group) is 1. The van der Waals surface area contributed by atoms with Gasteiger partial charge in [0.2, 0.25) is 5.91 Å². The first-order valence-electron chi connectivity index (χ1n) is 4.03. The van der Waals surface area contributed by atoms with E-state index in [1.807, 2.05) is 6.92 Å². The lowest BCUT2D eigenvalue weighted by atomic mass is 10.2. The lowest BCUT2D eigenvalue weighted by molar-refractivity contribution is -0.120. The first kappa shape index (κ1) is 8.49. The number of rotatable bonds is 4. The lowest BCUT2D eigenvalue weighted by Gasteiger charge is -2.27. The molecule has 0 aromatic carbocycles. The van der Waals surface area contributed by atoms with Gasteiger partial charge in [-0.2, -0.15) is 0 Å². The summed E-state index contributed by atoms with van der Waals surface area (Å²) in [6.45, 7) is 5.05. The summed E-state index contributed by atoms with van der Waals surface area (Å²) >= 11 is 0. The second kappa shape index (κ2) is 4.31. The minimum Gasteiger partial charge on any atom is -0.355 e. The SMILES string of the molecule is CCNC(=O)CNC1CNC1. The maximum atomic E-state index is 10.9. The van der Waals surface area contributed by atoms with Crippen molar-refractivity contribution < 1.29 is 4.79 Å². The molecular formula is C7H15N3O. The summed E-state index contributed by atoms with van der Waals surface area (Å²) in [5.74, 6) is 0.0828. The summed E-state index contributed by atoms with van der Waals surface area (Å²) in [4.78, 5) is 10.9. The molecule has 1 aliphatic heterocycles. The fourth-order valence-corrected chi connectivity index (χ4v) is 0.930. The zero-order valence-corrected chi connectivity index (χ0v) is 6.81. The Balaban J connectivity index is 1.96. The van der Waals surface area contributed by atoms with Crippen molar-refractivity contribution >= 4 is 5.91 Å². The number of carbonyl (C=O) groups excluding carboxylic acids is 1. The molecule has 1 amide bonds. The van der Waals surface area contributed by atoms with Crippen molar-refractivity contribution in [1.82, 2.24) is 16.0 Å². The topological polar surface area (TPSA) is 53.2 Å². The van der Waals surface area contributed by atoms with Crippen LogP contribution in [0.4, 0.5) is 0 Å². The van der Waals surface area contributed by atoms with E-state index in [2.05, 4.69) is 16.0 Å². The number of hydrogen-bond acceptors (Lipinski definition) is 3. The van der Waals surface area contributed by atoms with E-state index < -0.39 is 0 Å². The molecule has 1 rings (SSSR count). The van der Waals surface area contributed by atoms with Crippen LogP contribution in [0, 0.1) is 0 Å². The zero-order chi connectivity index (χ0) is 8.10. The van der Waals surface area contributed by atoms with Gasteiger partial charge in [-0.05, 0) is 6.92 Å². The van der Waals surface area contributed by atoms with Crippen LogP contribution in [-0.2, 0) is 4.79 Å². The quantitative estimate of drug-likeness (QED) is 0.474. The summed E-state index contributed by atoms with van der Waals surface area (Å²) in [6, 6.07) is 0.498. The van der Waals surface area contributed by atoms with Crippen LogP contribution in [0.25, 0.3) is 0 Å². The van der Waals surface area contributed by atoms with E-state index in [1.165, 1.54) is 0 Å². The molecule has 1 heterocycles. The molecule has 0 unspecified atom stereocenters. The van der Waals surface area contributed by atoms with E-state index in [1.54, 1.807) is 0 Å². The van der Waals surface area contributed by atoms with Gasteiger partial charge in [-0.3, -0.25) is 4.79 Å². The van der Waals surface area contributed by atoms with Crippen molar-refractivity contribution in [3.8, 4) is 0 Å². The van der Waals surface area contributed by atoms with Gasteiger partial charge < -0.3 is 16.0 Å². The number of amides is 1. The van der Waals surface area contributed by atoms with Gasteiger partial charge in [0, 0.05) is 25.7 Å². The standard InChI is InChI=1S/C7H15N3O/c1-2-9-7(11)5-10-6-3-8-4-6/h6,8,10H,2-5H2,1H3,(H,9,11). The van der Waals surface area contributed by atoms with Crippen molar-refractivity contribution in [2.75, 3.05) is 26.2 Å². The molecule has 1 saturated heterocycles. The first-order chi connectivity index (χ1) is 5.33. The van der Waals surface area contributed by atoms with Gasteiger partial charge in [-0.1, -0.05) is 0 Å². The zero-order valence-electron chi connectivity index (χ0n) is 6.81. The predicted molar refractivity (Wildman–Crippen MR) is 43.3 cm³/mol. The van der Waals surface area contributed by atoms with E-state index in [-0.39, 0.29) is 5.91 Å². The van der Waals surface area contributed by atoms with Gasteiger partial charge in [0.15, 0.2) is 0 Å². The Morgan fingerprint density at radius 1 is 1.64 bits per heavy atom. The van der Waals surface area contributed by atoms with Crippen LogP contribution in [0.2, 0.25) is 0 Å². The Kier molecular flexibility index (Phi) is 3.32. The highest BCUT2D eigenvalue weighted by molar-refractivity contribution is 5.77. The molecule has 64 valence electrons. The summed E-state index contributed by atoms with van der Waals surface area (Å²) in [6.07, 6.45) is 0. The highest BCUT2D eigenvalue weighted by atomic mass is 16.1. The van der Waals surface area contributed by atoms with Gasteiger partial charge in [-0.25, -0.2) is 0 Å². The van der Waals surface area contributed by atoms with Gasteiger partial charge in [0.05, 0.1) is 6.54 Å². The Hall–Kier alpha value is -0.610. The molecule has 4 nitrogen and oxygen atoms in total. The third kappa shape index (κ3) is 2.86. The van der Waals surface area contributed by atoms with E-state index >= 15 is 0 Å². The third-order valence-electron chi connectivity index (χ3n) is 1.71. The Labute approximate surface area is 66.7 Å². The number of carbonyl (C=O) groups is 1. The largest absolute Gasteiger partial charge is 0.355 e. The van der Waals surface area contributed by atoms with Crippen LogP contribution >= 0.6 is 0 Å². The van der Waals surface area contributed by atoms with Crippen LogP contribution in [-0.4, -0.2) is 38.1 Å². The van der Waals surface area contributed by atoms with Crippen LogP contribution in [0.1, 0.15) is 6.92 Å². The molecule has 0 aromatic heterocycles. The Bertz CT molecular complexity index is 134. The fraction of sp³-hybridized carbons (Fsp3) is 0.857. The van der Waals surface area contributed by atoms with Crippen LogP contribution in [0.3, 0.4) is 0 Å². The van der Waals surface area contributed by atoms with Gasteiger partial charge >= 0.3 is 0 Å². The van der Waals surface area contributed by atoms with Crippen LogP contribution in [0.5, 0.6) is 0 Å². The molecule has 0 saturated carbocycles. The van der Waals surface area contributed by atoms with Crippen LogP contribution in [0.15, 0.2) is 0 Å². The van der Waals surface area contributed by atoms with E-state index in [9.17, 15) is 4.79 Å². The highest BCUT2D eigenvalue weighted by Crippen LogP contribution is 1.88. The first-order valence-corrected chi connectivity index (χ1v) is 4.03. The molecule has 0 aromatic rings. The molecule has 0 radical (unpaired) electrons. The minimum atomic E-state index is 0.0828. The average Bonchev–Trinajstić information content (AvgIpc) is 1.85. The smallest absolute Gasteiger partial charge is 0.233 e. The molecule has 11 heavy (non-hydrogen) atoms. The van der Waals surface area contributed by atoms with Crippen molar-refractivity contribution in [1.29, 1.82) is 0 Å². The van der Waals surface area contributed by atoms with Crippen molar-refractivity contribution in [3.05, 3.63) is 0 Å². The van der Waals surface area contributed by atoms with Crippen molar-refractivity contribution in [2.24, 2.45) is 0 Å². The van der Waals surface area contributed by atoms with Crippen LogP contribution < -0.4 is 16.0 Å². The summed E-state index contributed by atoms with van der Waals surface area (Å²) < 4.78 is 0. The fourth-order valence-electron chi connectivity index (χ4n) is 0.930. The molecular weight excluding hydrogens is 142 g/mol. The molecule has 0 bridgehead atoms. The molecule has 1 aliphatic rings. The third-order valence-corrected chi connectivity index (χ3v) is 1.71. The number of hydrogen-bond donors (Lipinski definition) is 3. The molecule has 0 aliphatic carbocycles. The van der Waals surface area contributed by atoms with E-state index in [4.69, 9.17) is 0 Å². The number of nitrogens with one attached hydrogen (secondary N) is 3. The predicted octanol–water partition coefficient (Wildman–Crippen LogP) is -1.32. The van der Waals surface area contributed by atoms with Gasteiger partial charge in [-0.15, -0.1) is 0 Å². The Morgan fingerprint density at radius 2 is 2.36 bits per heavy atom. The summed E-state index contributed by atoms with van der Waals surface area (Å²) in [7, 11) is 0. The second-order valence-electron chi connectivity index (χ2n) is 2.69. The average molecular weight is 157 g/mol. The molecule has 0 spiro atoms. The summed E-state index contributed by atoms with van der Waals surface area (Å²) in [5.41, 5.74) is 0. The highest BCUT2D eigenvalue weighted by Gasteiger charge is 2.15. The van der Waals surface area contributed by atoms with Gasteiger partial charge in [0.25, 0.3) is 0 Å². The Morgan fingerprint density at radius 3 is 2.82 bits per heavy atom.